The number of imidazole rings is 1. The van der Waals surface area contributed by atoms with Gasteiger partial charge in [0.05, 0.1) is 17.6 Å². The van der Waals surface area contributed by atoms with Gasteiger partial charge in [-0.25, -0.2) is 4.98 Å². The number of rotatable bonds is 6. The second-order valence-corrected chi connectivity index (χ2v) is 7.78. The fourth-order valence-electron chi connectivity index (χ4n) is 3.65. The molecule has 0 atom stereocenters. The smallest absolute Gasteiger partial charge is 0.127 e. The summed E-state index contributed by atoms with van der Waals surface area (Å²) in [5.74, 6) is 2.02. The van der Waals surface area contributed by atoms with E-state index in [9.17, 15) is 0 Å². The highest BCUT2D eigenvalue weighted by Gasteiger charge is 2.12. The van der Waals surface area contributed by atoms with E-state index in [4.69, 9.17) is 9.72 Å². The average molecular weight is 385 g/mol. The van der Waals surface area contributed by atoms with Crippen molar-refractivity contribution in [3.8, 4) is 5.75 Å². The molecular weight excluding hydrogens is 364 g/mol. The van der Waals surface area contributed by atoms with Crippen LogP contribution >= 0.6 is 11.3 Å². The molecule has 0 bridgehead atoms. The van der Waals surface area contributed by atoms with Gasteiger partial charge in [0, 0.05) is 16.7 Å². The lowest BCUT2D eigenvalue weighted by atomic mass is 10.1. The van der Waals surface area contributed by atoms with Crippen molar-refractivity contribution >= 4 is 33.1 Å². The number of hydrogen-bond acceptors (Lipinski definition) is 3. The van der Waals surface area contributed by atoms with Crippen LogP contribution in [0.25, 0.3) is 21.8 Å². The molecule has 4 heteroatoms. The third kappa shape index (κ3) is 3.27. The van der Waals surface area contributed by atoms with Gasteiger partial charge in [-0.15, -0.1) is 11.3 Å². The molecule has 0 saturated heterocycles. The summed E-state index contributed by atoms with van der Waals surface area (Å²) >= 11 is 1.77. The number of aromatic nitrogens is 2. The summed E-state index contributed by atoms with van der Waals surface area (Å²) in [6.45, 7) is 1.37. The maximum atomic E-state index is 6.19. The standard InChI is InChI=1S/C24H20N2OS/c1-2-10-20-18(7-1)8-5-13-23(20)27-15-14-26-22-12-4-3-11-21(22)25-24(26)17-19-9-6-16-28-19/h1-13,16H,14-15,17H2. The van der Waals surface area contributed by atoms with Crippen LogP contribution in [0, 0.1) is 0 Å². The molecule has 0 unspecified atom stereocenters. The fourth-order valence-corrected chi connectivity index (χ4v) is 4.35. The third-order valence-corrected chi connectivity index (χ3v) is 5.84. The van der Waals surface area contributed by atoms with Gasteiger partial charge in [-0.1, -0.05) is 54.6 Å². The van der Waals surface area contributed by atoms with Crippen LogP contribution < -0.4 is 4.74 Å². The first-order valence-corrected chi connectivity index (χ1v) is 10.3. The van der Waals surface area contributed by atoms with Crippen molar-refractivity contribution in [2.45, 2.75) is 13.0 Å². The van der Waals surface area contributed by atoms with E-state index >= 15 is 0 Å². The van der Waals surface area contributed by atoms with Crippen molar-refractivity contribution in [3.05, 3.63) is 94.9 Å². The molecule has 0 spiro atoms. The van der Waals surface area contributed by atoms with Crippen molar-refractivity contribution in [1.29, 1.82) is 0 Å². The van der Waals surface area contributed by atoms with Gasteiger partial charge in [-0.05, 0) is 35.0 Å². The first kappa shape index (κ1) is 17.0. The number of ether oxygens (including phenoxy) is 1. The van der Waals surface area contributed by atoms with E-state index in [1.807, 2.05) is 18.2 Å². The molecule has 2 heterocycles. The molecule has 0 radical (unpaired) electrons. The summed E-state index contributed by atoms with van der Waals surface area (Å²) in [5.41, 5.74) is 2.20. The number of para-hydroxylation sites is 2. The molecule has 28 heavy (non-hydrogen) atoms. The normalized spacial score (nSPS) is 11.3. The highest BCUT2D eigenvalue weighted by Crippen LogP contribution is 2.26. The monoisotopic (exact) mass is 384 g/mol. The second-order valence-electron chi connectivity index (χ2n) is 6.75. The quantitative estimate of drug-likeness (QED) is 0.363. The predicted octanol–water partition coefficient (Wildman–Crippen LogP) is 5.92. The average Bonchev–Trinajstić information content (AvgIpc) is 3.36. The lowest BCUT2D eigenvalue weighted by Crippen LogP contribution is -2.11. The van der Waals surface area contributed by atoms with E-state index in [1.54, 1.807) is 11.3 Å². The van der Waals surface area contributed by atoms with Gasteiger partial charge in [0.25, 0.3) is 0 Å². The highest BCUT2D eigenvalue weighted by molar-refractivity contribution is 7.09. The van der Waals surface area contributed by atoms with Crippen molar-refractivity contribution in [2.75, 3.05) is 6.61 Å². The van der Waals surface area contributed by atoms with E-state index in [2.05, 4.69) is 70.6 Å². The van der Waals surface area contributed by atoms with Crippen LogP contribution in [0.3, 0.4) is 0 Å². The summed E-state index contributed by atoms with van der Waals surface area (Å²) in [6.07, 6.45) is 0.848. The lowest BCUT2D eigenvalue weighted by Gasteiger charge is -2.12. The van der Waals surface area contributed by atoms with E-state index in [0.717, 1.165) is 41.0 Å². The summed E-state index contributed by atoms with van der Waals surface area (Å²) in [7, 11) is 0. The van der Waals surface area contributed by atoms with Crippen molar-refractivity contribution in [1.82, 2.24) is 9.55 Å². The van der Waals surface area contributed by atoms with Gasteiger partial charge in [0.15, 0.2) is 0 Å². The Hall–Kier alpha value is -3.11. The Labute approximate surface area is 167 Å². The van der Waals surface area contributed by atoms with E-state index in [1.165, 1.54) is 10.3 Å². The molecule has 5 aromatic rings. The maximum absolute atomic E-state index is 6.19. The summed E-state index contributed by atoms with van der Waals surface area (Å²) in [4.78, 5) is 6.20. The minimum absolute atomic E-state index is 0.603. The Morgan fingerprint density at radius 3 is 2.64 bits per heavy atom. The molecule has 2 aromatic heterocycles. The molecule has 0 amide bonds. The Kier molecular flexibility index (Phi) is 4.55. The molecule has 0 N–H and O–H groups in total. The van der Waals surface area contributed by atoms with Gasteiger partial charge < -0.3 is 9.30 Å². The molecular formula is C24H20N2OS. The molecule has 0 saturated carbocycles. The van der Waals surface area contributed by atoms with E-state index in [0.29, 0.717) is 6.61 Å². The molecule has 3 nitrogen and oxygen atoms in total. The Morgan fingerprint density at radius 1 is 0.857 bits per heavy atom. The number of fused-ring (bicyclic) bond motifs is 2. The van der Waals surface area contributed by atoms with Gasteiger partial charge >= 0.3 is 0 Å². The molecule has 3 aromatic carbocycles. The van der Waals surface area contributed by atoms with E-state index in [-0.39, 0.29) is 0 Å². The van der Waals surface area contributed by atoms with Crippen LogP contribution in [-0.4, -0.2) is 16.2 Å². The number of thiophene rings is 1. The first-order valence-electron chi connectivity index (χ1n) is 9.45. The number of hydrogen-bond donors (Lipinski definition) is 0. The molecule has 138 valence electrons. The van der Waals surface area contributed by atoms with Gasteiger partial charge in [-0.2, -0.15) is 0 Å². The van der Waals surface area contributed by atoms with Gasteiger partial charge in [0.1, 0.15) is 18.2 Å². The van der Waals surface area contributed by atoms with Gasteiger partial charge in [-0.3, -0.25) is 0 Å². The highest BCUT2D eigenvalue weighted by atomic mass is 32.1. The molecule has 5 rings (SSSR count). The van der Waals surface area contributed by atoms with E-state index < -0.39 is 0 Å². The predicted molar refractivity (Wildman–Crippen MR) is 116 cm³/mol. The van der Waals surface area contributed by atoms with Crippen LogP contribution in [0.4, 0.5) is 0 Å². The fraction of sp³-hybridized carbons (Fsp3) is 0.125. The number of nitrogens with zero attached hydrogens (tertiary/aromatic N) is 2. The topological polar surface area (TPSA) is 27.1 Å². The number of benzene rings is 3. The third-order valence-electron chi connectivity index (χ3n) is 4.97. The van der Waals surface area contributed by atoms with Crippen LogP contribution in [0.1, 0.15) is 10.7 Å². The zero-order valence-corrected chi connectivity index (χ0v) is 16.2. The summed E-state index contributed by atoms with van der Waals surface area (Å²) in [5, 5.41) is 4.47. The minimum Gasteiger partial charge on any atom is -0.491 e. The maximum Gasteiger partial charge on any atom is 0.127 e. The summed E-state index contributed by atoms with van der Waals surface area (Å²) < 4.78 is 8.48. The van der Waals surface area contributed by atoms with Crippen LogP contribution in [0.5, 0.6) is 5.75 Å². The van der Waals surface area contributed by atoms with Crippen molar-refractivity contribution in [2.24, 2.45) is 0 Å². The Bertz CT molecular complexity index is 1220. The minimum atomic E-state index is 0.603. The Balaban J connectivity index is 1.41. The molecule has 0 fully saturated rings. The van der Waals surface area contributed by atoms with Crippen molar-refractivity contribution < 1.29 is 4.74 Å². The van der Waals surface area contributed by atoms with Crippen molar-refractivity contribution in [3.63, 3.8) is 0 Å². The Morgan fingerprint density at radius 2 is 1.71 bits per heavy atom. The zero-order valence-electron chi connectivity index (χ0n) is 15.4. The molecule has 0 aliphatic carbocycles. The SMILES string of the molecule is c1csc(Cc2nc3ccccc3n2CCOc2cccc3ccccc23)c1. The largest absolute Gasteiger partial charge is 0.491 e. The first-order chi connectivity index (χ1) is 13.9. The van der Waals surface area contributed by atoms with Crippen LogP contribution in [0.2, 0.25) is 0 Å². The van der Waals surface area contributed by atoms with Crippen LogP contribution in [-0.2, 0) is 13.0 Å². The van der Waals surface area contributed by atoms with Gasteiger partial charge in [0.2, 0.25) is 0 Å². The lowest BCUT2D eigenvalue weighted by molar-refractivity contribution is 0.302. The van der Waals surface area contributed by atoms with Crippen LogP contribution in [0.15, 0.2) is 84.2 Å². The molecule has 0 aliphatic heterocycles. The molecule has 0 aliphatic rings. The zero-order chi connectivity index (χ0) is 18.8. The second kappa shape index (κ2) is 7.49. The summed E-state index contributed by atoms with van der Waals surface area (Å²) in [6, 6.07) is 27.1.